The van der Waals surface area contributed by atoms with Crippen molar-refractivity contribution < 1.29 is 4.74 Å². The molecule has 0 spiro atoms. The van der Waals surface area contributed by atoms with E-state index in [9.17, 15) is 0 Å². The Morgan fingerprint density at radius 3 is 2.76 bits per heavy atom. The number of aryl methyl sites for hydroxylation is 1. The lowest BCUT2D eigenvalue weighted by atomic mass is 10.2. The number of alkyl halides is 1. The van der Waals surface area contributed by atoms with Crippen LogP contribution < -0.4 is 4.74 Å². The van der Waals surface area contributed by atoms with Gasteiger partial charge in [0.1, 0.15) is 12.2 Å². The Bertz CT molecular complexity index is 744. The fourth-order valence-electron chi connectivity index (χ4n) is 2.22. The molecule has 3 aromatic rings. The molecule has 0 atom stereocenters. The number of nitrogens with zero attached hydrogens (tertiary/aromatic N) is 5. The van der Waals surface area contributed by atoms with E-state index < -0.39 is 0 Å². The van der Waals surface area contributed by atoms with E-state index in [0.29, 0.717) is 30.2 Å². The number of hydrogen-bond acceptors (Lipinski definition) is 5. The number of aromatic nitrogens is 5. The summed E-state index contributed by atoms with van der Waals surface area (Å²) in [5.41, 5.74) is 2.53. The van der Waals surface area contributed by atoms with E-state index in [2.05, 4.69) is 19.9 Å². The third-order valence-corrected chi connectivity index (χ3v) is 3.37. The van der Waals surface area contributed by atoms with Crippen LogP contribution in [0.15, 0.2) is 30.9 Å². The van der Waals surface area contributed by atoms with Crippen molar-refractivity contribution in [2.45, 2.75) is 13.0 Å². The Balaban J connectivity index is 2.12. The van der Waals surface area contributed by atoms with Crippen LogP contribution in [-0.2, 0) is 13.0 Å². The van der Waals surface area contributed by atoms with Crippen molar-refractivity contribution in [2.75, 3.05) is 13.0 Å². The molecule has 21 heavy (non-hydrogen) atoms. The van der Waals surface area contributed by atoms with Crippen LogP contribution in [0.2, 0.25) is 0 Å². The van der Waals surface area contributed by atoms with Crippen LogP contribution in [-0.4, -0.2) is 37.5 Å². The van der Waals surface area contributed by atoms with E-state index in [0.717, 1.165) is 17.0 Å². The number of rotatable bonds is 5. The molecule has 3 heterocycles. The number of halogens is 1. The van der Waals surface area contributed by atoms with Crippen molar-refractivity contribution in [2.24, 2.45) is 0 Å². The standard InChI is InChI=1S/C14H14ClN5O/c1-21-14-12-13(17-9-18-14)20(11(19-12)2-5-15)8-10-3-6-16-7-4-10/h3-4,6-7,9H,2,5,8H2,1H3. The predicted molar refractivity (Wildman–Crippen MR) is 79.6 cm³/mol. The minimum Gasteiger partial charge on any atom is -0.479 e. The number of ether oxygens (including phenoxy) is 1. The molecule has 6 nitrogen and oxygen atoms in total. The highest BCUT2D eigenvalue weighted by Gasteiger charge is 2.16. The second kappa shape index (κ2) is 6.05. The van der Waals surface area contributed by atoms with Gasteiger partial charge in [-0.25, -0.2) is 9.97 Å². The molecule has 0 amide bonds. The van der Waals surface area contributed by atoms with Crippen molar-refractivity contribution in [1.29, 1.82) is 0 Å². The van der Waals surface area contributed by atoms with Gasteiger partial charge in [-0.2, -0.15) is 4.98 Å². The predicted octanol–water partition coefficient (Wildman–Crippen LogP) is 2.06. The molecule has 0 aliphatic rings. The molecule has 0 radical (unpaired) electrons. The van der Waals surface area contributed by atoms with Crippen LogP contribution in [0.3, 0.4) is 0 Å². The van der Waals surface area contributed by atoms with E-state index in [1.165, 1.54) is 6.33 Å². The zero-order valence-corrected chi connectivity index (χ0v) is 12.3. The summed E-state index contributed by atoms with van der Waals surface area (Å²) >= 11 is 5.88. The number of imidazole rings is 1. The Hall–Kier alpha value is -2.21. The van der Waals surface area contributed by atoms with Crippen LogP contribution in [0, 0.1) is 0 Å². The van der Waals surface area contributed by atoms with E-state index in [1.54, 1.807) is 19.5 Å². The average Bonchev–Trinajstić information content (AvgIpc) is 2.87. The number of pyridine rings is 1. The molecule has 0 aliphatic carbocycles. The lowest BCUT2D eigenvalue weighted by Gasteiger charge is -2.07. The molecular weight excluding hydrogens is 290 g/mol. The smallest absolute Gasteiger partial charge is 0.245 e. The monoisotopic (exact) mass is 303 g/mol. The molecule has 0 saturated carbocycles. The van der Waals surface area contributed by atoms with Crippen molar-refractivity contribution in [1.82, 2.24) is 24.5 Å². The molecular formula is C14H14ClN5O. The second-order valence-electron chi connectivity index (χ2n) is 4.46. The molecule has 0 aromatic carbocycles. The van der Waals surface area contributed by atoms with Crippen LogP contribution in [0.25, 0.3) is 11.2 Å². The summed E-state index contributed by atoms with van der Waals surface area (Å²) in [4.78, 5) is 17.0. The van der Waals surface area contributed by atoms with Gasteiger partial charge in [-0.3, -0.25) is 4.98 Å². The van der Waals surface area contributed by atoms with E-state index in [1.807, 2.05) is 16.7 Å². The molecule has 108 valence electrons. The van der Waals surface area contributed by atoms with E-state index >= 15 is 0 Å². The largest absolute Gasteiger partial charge is 0.479 e. The van der Waals surface area contributed by atoms with Crippen LogP contribution in [0.5, 0.6) is 5.88 Å². The summed E-state index contributed by atoms with van der Waals surface area (Å²) in [6, 6.07) is 3.93. The Morgan fingerprint density at radius 2 is 2.05 bits per heavy atom. The minimum absolute atomic E-state index is 0.476. The Morgan fingerprint density at radius 1 is 1.24 bits per heavy atom. The topological polar surface area (TPSA) is 65.7 Å². The summed E-state index contributed by atoms with van der Waals surface area (Å²) < 4.78 is 7.29. The first kappa shape index (κ1) is 13.8. The average molecular weight is 304 g/mol. The molecule has 0 aliphatic heterocycles. The SMILES string of the molecule is COc1ncnc2c1nc(CCCl)n2Cc1ccncc1. The van der Waals surface area contributed by atoms with Crippen molar-refractivity contribution in [3.8, 4) is 5.88 Å². The van der Waals surface area contributed by atoms with Crippen LogP contribution in [0.4, 0.5) is 0 Å². The number of fused-ring (bicyclic) bond motifs is 1. The third kappa shape index (κ3) is 2.67. The van der Waals surface area contributed by atoms with Gasteiger partial charge in [-0.05, 0) is 17.7 Å². The summed E-state index contributed by atoms with van der Waals surface area (Å²) in [6.45, 7) is 0.658. The van der Waals surface area contributed by atoms with E-state index in [4.69, 9.17) is 16.3 Å². The van der Waals surface area contributed by atoms with Crippen LogP contribution in [0.1, 0.15) is 11.4 Å². The van der Waals surface area contributed by atoms with Gasteiger partial charge >= 0.3 is 0 Å². The third-order valence-electron chi connectivity index (χ3n) is 3.18. The van der Waals surface area contributed by atoms with Gasteiger partial charge in [-0.1, -0.05) is 0 Å². The molecule has 7 heteroatoms. The zero-order valence-electron chi connectivity index (χ0n) is 11.5. The fourth-order valence-corrected chi connectivity index (χ4v) is 2.39. The highest BCUT2D eigenvalue weighted by Crippen LogP contribution is 2.23. The molecule has 0 fully saturated rings. The molecule has 3 rings (SSSR count). The maximum Gasteiger partial charge on any atom is 0.245 e. The van der Waals surface area contributed by atoms with Gasteiger partial charge in [0.25, 0.3) is 0 Å². The molecule has 0 unspecified atom stereocenters. The minimum atomic E-state index is 0.476. The van der Waals surface area contributed by atoms with Crippen LogP contribution >= 0.6 is 11.6 Å². The number of methoxy groups -OCH3 is 1. The molecule has 0 N–H and O–H groups in total. The first-order valence-corrected chi connectivity index (χ1v) is 7.06. The van der Waals surface area contributed by atoms with Gasteiger partial charge < -0.3 is 9.30 Å². The van der Waals surface area contributed by atoms with Crippen molar-refractivity contribution in [3.63, 3.8) is 0 Å². The summed E-state index contributed by atoms with van der Waals surface area (Å²) in [7, 11) is 1.57. The zero-order chi connectivity index (χ0) is 14.7. The van der Waals surface area contributed by atoms with Gasteiger partial charge in [0.2, 0.25) is 5.88 Å². The van der Waals surface area contributed by atoms with Gasteiger partial charge in [-0.15, -0.1) is 11.6 Å². The first-order chi connectivity index (χ1) is 10.3. The highest BCUT2D eigenvalue weighted by atomic mass is 35.5. The van der Waals surface area contributed by atoms with E-state index in [-0.39, 0.29) is 0 Å². The Kier molecular flexibility index (Phi) is 3.96. The summed E-state index contributed by atoms with van der Waals surface area (Å²) in [6.07, 6.45) is 5.68. The lowest BCUT2D eigenvalue weighted by molar-refractivity contribution is 0.401. The molecule has 3 aromatic heterocycles. The Labute approximate surface area is 126 Å². The maximum atomic E-state index is 5.88. The first-order valence-electron chi connectivity index (χ1n) is 6.52. The fraction of sp³-hybridized carbons (Fsp3) is 0.286. The maximum absolute atomic E-state index is 5.88. The summed E-state index contributed by atoms with van der Waals surface area (Å²) in [5.74, 6) is 1.84. The quantitative estimate of drug-likeness (QED) is 0.675. The summed E-state index contributed by atoms with van der Waals surface area (Å²) in [5, 5.41) is 0. The number of hydrogen-bond donors (Lipinski definition) is 0. The van der Waals surface area contributed by atoms with Gasteiger partial charge in [0, 0.05) is 24.7 Å². The highest BCUT2D eigenvalue weighted by molar-refractivity contribution is 6.17. The normalized spacial score (nSPS) is 11.0. The lowest BCUT2D eigenvalue weighted by Crippen LogP contribution is -2.06. The van der Waals surface area contributed by atoms with Crippen molar-refractivity contribution in [3.05, 3.63) is 42.2 Å². The molecule has 0 saturated heterocycles. The molecule has 0 bridgehead atoms. The van der Waals surface area contributed by atoms with Crippen molar-refractivity contribution >= 4 is 22.8 Å². The van der Waals surface area contributed by atoms with Gasteiger partial charge in [0.05, 0.1) is 13.7 Å². The van der Waals surface area contributed by atoms with Gasteiger partial charge in [0.15, 0.2) is 11.2 Å². The second-order valence-corrected chi connectivity index (χ2v) is 4.84.